The number of hydrogen-bond donors (Lipinski definition) is 1. The number of ether oxygens (including phenoxy) is 1. The summed E-state index contributed by atoms with van der Waals surface area (Å²) in [7, 11) is 3.33. The average Bonchev–Trinajstić information content (AvgIpc) is 2.62. The number of anilines is 1. The van der Waals surface area contributed by atoms with E-state index in [0.29, 0.717) is 17.8 Å². The molecule has 0 aromatic heterocycles. The minimum atomic E-state index is -0.327. The predicted octanol–water partition coefficient (Wildman–Crippen LogP) is 2.77. The maximum Gasteiger partial charge on any atom is 0.251 e. The Morgan fingerprint density at radius 3 is 2.26 bits per heavy atom. The van der Waals surface area contributed by atoms with Crippen LogP contribution in [0.4, 0.5) is 5.69 Å². The minimum Gasteiger partial charge on any atom is -0.376 e. The molecule has 2 amide bonds. The molecule has 0 saturated carbocycles. The van der Waals surface area contributed by atoms with Crippen molar-refractivity contribution in [3.8, 4) is 0 Å². The van der Waals surface area contributed by atoms with Gasteiger partial charge in [0, 0.05) is 32.0 Å². The number of nitrogens with one attached hydrogen (secondary N) is 1. The van der Waals surface area contributed by atoms with Gasteiger partial charge in [-0.05, 0) is 43.2 Å². The van der Waals surface area contributed by atoms with Crippen molar-refractivity contribution >= 4 is 17.5 Å². The number of carbonyl (C=O) groups is 2. The molecule has 23 heavy (non-hydrogen) atoms. The van der Waals surface area contributed by atoms with Gasteiger partial charge in [0.2, 0.25) is 5.91 Å². The molecule has 5 heteroatoms. The van der Waals surface area contributed by atoms with Crippen molar-refractivity contribution in [3.05, 3.63) is 42.5 Å². The zero-order valence-corrected chi connectivity index (χ0v) is 14.4. The Morgan fingerprint density at radius 2 is 1.83 bits per heavy atom. The smallest absolute Gasteiger partial charge is 0.251 e. The van der Waals surface area contributed by atoms with E-state index >= 15 is 0 Å². The number of nitrogens with zero attached hydrogens (tertiary/aromatic N) is 1. The van der Waals surface area contributed by atoms with E-state index in [9.17, 15) is 9.59 Å². The predicted molar refractivity (Wildman–Crippen MR) is 92.7 cm³/mol. The van der Waals surface area contributed by atoms with E-state index in [1.807, 2.05) is 13.8 Å². The molecule has 0 bridgehead atoms. The summed E-state index contributed by atoms with van der Waals surface area (Å²) in [5.41, 5.74) is 0.928. The van der Waals surface area contributed by atoms with Gasteiger partial charge in [0.15, 0.2) is 0 Å². The van der Waals surface area contributed by atoms with Crippen LogP contribution in [-0.4, -0.2) is 38.1 Å². The van der Waals surface area contributed by atoms with Crippen molar-refractivity contribution < 1.29 is 14.3 Å². The van der Waals surface area contributed by atoms with Gasteiger partial charge < -0.3 is 15.0 Å². The summed E-state index contributed by atoms with van der Waals surface area (Å²) in [6.45, 7) is 8.01. The van der Waals surface area contributed by atoms with Crippen LogP contribution in [0.15, 0.2) is 36.9 Å². The van der Waals surface area contributed by atoms with E-state index < -0.39 is 0 Å². The highest BCUT2D eigenvalue weighted by Gasteiger charge is 2.26. The normalized spacial score (nSPS) is 11.0. The van der Waals surface area contributed by atoms with Gasteiger partial charge in [-0.2, -0.15) is 0 Å². The van der Waals surface area contributed by atoms with Gasteiger partial charge in [0.25, 0.3) is 5.91 Å². The quantitative estimate of drug-likeness (QED) is 0.750. The molecule has 0 atom stereocenters. The van der Waals surface area contributed by atoms with Crippen molar-refractivity contribution in [1.82, 2.24) is 5.32 Å². The molecule has 1 aromatic carbocycles. The molecule has 0 saturated heterocycles. The molecule has 0 aliphatic rings. The topological polar surface area (TPSA) is 58.6 Å². The van der Waals surface area contributed by atoms with E-state index in [0.717, 1.165) is 12.8 Å². The standard InChI is InChI=1S/C18H26N2O3/c1-6-16(21)20(4)15-11-9-14(10-12-15)17(22)19-13-18(7-2,8-3)23-5/h6,9-12H,1,7-8,13H2,2-5H3,(H,19,22). The zero-order valence-electron chi connectivity index (χ0n) is 14.4. The molecule has 0 radical (unpaired) electrons. The fraction of sp³-hybridized carbons (Fsp3) is 0.444. The summed E-state index contributed by atoms with van der Waals surface area (Å²) in [5.74, 6) is -0.351. The molecule has 0 spiro atoms. The van der Waals surface area contributed by atoms with Crippen molar-refractivity contribution in [2.24, 2.45) is 0 Å². The molecular weight excluding hydrogens is 292 g/mol. The Morgan fingerprint density at radius 1 is 1.26 bits per heavy atom. The van der Waals surface area contributed by atoms with Gasteiger partial charge in [-0.25, -0.2) is 0 Å². The molecule has 126 valence electrons. The Kier molecular flexibility index (Phi) is 6.97. The zero-order chi connectivity index (χ0) is 17.5. The van der Waals surface area contributed by atoms with E-state index in [2.05, 4.69) is 11.9 Å². The first-order valence-corrected chi connectivity index (χ1v) is 7.76. The highest BCUT2D eigenvalue weighted by molar-refractivity contribution is 6.01. The van der Waals surface area contributed by atoms with Crippen LogP contribution in [-0.2, 0) is 9.53 Å². The van der Waals surface area contributed by atoms with Crippen molar-refractivity contribution in [3.63, 3.8) is 0 Å². The average molecular weight is 318 g/mol. The van der Waals surface area contributed by atoms with Gasteiger partial charge in [-0.15, -0.1) is 0 Å². The molecule has 1 rings (SSSR count). The van der Waals surface area contributed by atoms with E-state index in [1.165, 1.54) is 11.0 Å². The van der Waals surface area contributed by atoms with E-state index in [1.54, 1.807) is 38.4 Å². The fourth-order valence-electron chi connectivity index (χ4n) is 2.30. The third-order valence-electron chi connectivity index (χ3n) is 4.31. The third kappa shape index (κ3) is 4.66. The lowest BCUT2D eigenvalue weighted by molar-refractivity contribution is -0.113. The van der Waals surface area contributed by atoms with Gasteiger partial charge in [-0.1, -0.05) is 20.4 Å². The largest absolute Gasteiger partial charge is 0.376 e. The summed E-state index contributed by atoms with van der Waals surface area (Å²) in [4.78, 5) is 25.3. The lowest BCUT2D eigenvalue weighted by Gasteiger charge is -2.30. The Bertz CT molecular complexity index is 540. The van der Waals surface area contributed by atoms with Crippen LogP contribution in [0.2, 0.25) is 0 Å². The minimum absolute atomic E-state index is 0.155. The second kappa shape index (κ2) is 8.48. The third-order valence-corrected chi connectivity index (χ3v) is 4.31. The first kappa shape index (κ1) is 18.9. The number of carbonyl (C=O) groups excluding carboxylic acids is 2. The first-order valence-electron chi connectivity index (χ1n) is 7.76. The van der Waals surface area contributed by atoms with Crippen LogP contribution in [0.3, 0.4) is 0 Å². The number of benzene rings is 1. The fourth-order valence-corrected chi connectivity index (χ4v) is 2.30. The SMILES string of the molecule is C=CC(=O)N(C)c1ccc(C(=O)NCC(CC)(CC)OC)cc1. The number of likely N-dealkylation sites (N-methyl/N-ethyl adjacent to an activating group) is 1. The Balaban J connectivity index is 2.75. The first-order chi connectivity index (χ1) is 10.9. The van der Waals surface area contributed by atoms with Gasteiger partial charge in [0.1, 0.15) is 0 Å². The second-order valence-corrected chi connectivity index (χ2v) is 5.43. The number of methoxy groups -OCH3 is 1. The van der Waals surface area contributed by atoms with Crippen LogP contribution < -0.4 is 10.2 Å². The Labute approximate surface area is 138 Å². The summed E-state index contributed by atoms with van der Waals surface area (Å²) in [5, 5.41) is 2.91. The molecule has 0 heterocycles. The lowest BCUT2D eigenvalue weighted by Crippen LogP contribution is -2.43. The summed E-state index contributed by atoms with van der Waals surface area (Å²) in [6.07, 6.45) is 2.90. The van der Waals surface area contributed by atoms with Gasteiger partial charge in [0.05, 0.1) is 5.60 Å². The van der Waals surface area contributed by atoms with Gasteiger partial charge >= 0.3 is 0 Å². The van der Waals surface area contributed by atoms with Crippen molar-refractivity contribution in [2.45, 2.75) is 32.3 Å². The summed E-state index contributed by atoms with van der Waals surface area (Å²) in [6, 6.07) is 6.87. The lowest BCUT2D eigenvalue weighted by atomic mass is 9.97. The van der Waals surface area contributed by atoms with Crippen LogP contribution in [0, 0.1) is 0 Å². The second-order valence-electron chi connectivity index (χ2n) is 5.43. The summed E-state index contributed by atoms with van der Waals surface area (Å²) < 4.78 is 5.54. The van der Waals surface area contributed by atoms with Crippen LogP contribution in [0.25, 0.3) is 0 Å². The highest BCUT2D eigenvalue weighted by Crippen LogP contribution is 2.19. The molecule has 1 aromatic rings. The summed E-state index contributed by atoms with van der Waals surface area (Å²) >= 11 is 0. The molecular formula is C18H26N2O3. The molecule has 1 N–H and O–H groups in total. The maximum absolute atomic E-state index is 12.2. The maximum atomic E-state index is 12.2. The van der Waals surface area contributed by atoms with Crippen molar-refractivity contribution in [2.75, 3.05) is 25.6 Å². The number of rotatable bonds is 8. The molecule has 0 fully saturated rings. The van der Waals surface area contributed by atoms with E-state index in [4.69, 9.17) is 4.74 Å². The van der Waals surface area contributed by atoms with Crippen LogP contribution in [0.5, 0.6) is 0 Å². The van der Waals surface area contributed by atoms with Crippen LogP contribution >= 0.6 is 0 Å². The monoisotopic (exact) mass is 318 g/mol. The molecule has 5 nitrogen and oxygen atoms in total. The Hall–Kier alpha value is -2.14. The van der Waals surface area contributed by atoms with Crippen molar-refractivity contribution in [1.29, 1.82) is 0 Å². The van der Waals surface area contributed by atoms with Crippen LogP contribution in [0.1, 0.15) is 37.0 Å². The number of amides is 2. The molecule has 0 unspecified atom stereocenters. The molecule has 0 aliphatic carbocycles. The van der Waals surface area contributed by atoms with Gasteiger partial charge in [-0.3, -0.25) is 9.59 Å². The highest BCUT2D eigenvalue weighted by atomic mass is 16.5. The molecule has 0 aliphatic heterocycles. The van der Waals surface area contributed by atoms with E-state index in [-0.39, 0.29) is 17.4 Å². The number of hydrogen-bond acceptors (Lipinski definition) is 3.